The van der Waals surface area contributed by atoms with Crippen LogP contribution >= 0.6 is 0 Å². The van der Waals surface area contributed by atoms with Crippen LogP contribution in [0.1, 0.15) is 12.5 Å². The fourth-order valence-electron chi connectivity index (χ4n) is 1.68. The van der Waals surface area contributed by atoms with Crippen molar-refractivity contribution in [2.24, 2.45) is 0 Å². The van der Waals surface area contributed by atoms with Gasteiger partial charge in [-0.05, 0) is 26.6 Å². The predicted molar refractivity (Wildman–Crippen MR) is 81.3 cm³/mol. The summed E-state index contributed by atoms with van der Waals surface area (Å²) in [7, 11) is 3.83. The van der Waals surface area contributed by atoms with Crippen LogP contribution in [0, 0.1) is 0 Å². The molecule has 1 aromatic rings. The number of likely N-dealkylation sites (N-methyl/N-ethyl adjacent to an activating group) is 1. The lowest BCUT2D eigenvalue weighted by Crippen LogP contribution is -2.49. The van der Waals surface area contributed by atoms with Crippen LogP contribution in [0.15, 0.2) is 30.3 Å². The molecule has 0 aromatic heterocycles. The van der Waals surface area contributed by atoms with Crippen LogP contribution in [0.25, 0.3) is 0 Å². The van der Waals surface area contributed by atoms with E-state index < -0.39 is 18.0 Å². The Morgan fingerprint density at radius 2 is 1.86 bits per heavy atom. The molecule has 0 saturated carbocycles. The Kier molecular flexibility index (Phi) is 6.68. The van der Waals surface area contributed by atoms with Gasteiger partial charge >= 0.3 is 12.0 Å². The normalized spacial score (nSPS) is 13.5. The molecule has 1 rings (SSSR count). The Labute approximate surface area is 125 Å². The van der Waals surface area contributed by atoms with Crippen molar-refractivity contribution in [2.75, 3.05) is 20.6 Å². The summed E-state index contributed by atoms with van der Waals surface area (Å²) in [6.45, 7) is 2.43. The van der Waals surface area contributed by atoms with Gasteiger partial charge in [0.1, 0.15) is 6.04 Å². The van der Waals surface area contributed by atoms with E-state index in [2.05, 4.69) is 10.6 Å². The number of benzene rings is 1. The van der Waals surface area contributed by atoms with E-state index >= 15 is 0 Å². The average molecular weight is 293 g/mol. The molecule has 6 heteroatoms. The van der Waals surface area contributed by atoms with Gasteiger partial charge in [0.25, 0.3) is 0 Å². The van der Waals surface area contributed by atoms with Gasteiger partial charge in [-0.1, -0.05) is 30.3 Å². The predicted octanol–water partition coefficient (Wildman–Crippen LogP) is 0.932. The van der Waals surface area contributed by atoms with Crippen LogP contribution in [-0.2, 0) is 11.2 Å². The van der Waals surface area contributed by atoms with Gasteiger partial charge in [0.15, 0.2) is 0 Å². The molecule has 1 unspecified atom stereocenters. The van der Waals surface area contributed by atoms with Crippen LogP contribution < -0.4 is 10.6 Å². The summed E-state index contributed by atoms with van der Waals surface area (Å²) in [5, 5.41) is 14.4. The van der Waals surface area contributed by atoms with Gasteiger partial charge in [0, 0.05) is 19.0 Å². The minimum atomic E-state index is -1.05. The first-order valence-corrected chi connectivity index (χ1v) is 6.87. The molecule has 0 aliphatic rings. The molecule has 0 aliphatic carbocycles. The topological polar surface area (TPSA) is 81.7 Å². The summed E-state index contributed by atoms with van der Waals surface area (Å²) in [5.74, 6) is -1.05. The number of amides is 2. The molecule has 6 nitrogen and oxygen atoms in total. The van der Waals surface area contributed by atoms with Gasteiger partial charge in [-0.15, -0.1) is 0 Å². The van der Waals surface area contributed by atoms with Crippen molar-refractivity contribution < 1.29 is 14.7 Å². The van der Waals surface area contributed by atoms with Crippen molar-refractivity contribution in [3.63, 3.8) is 0 Å². The van der Waals surface area contributed by atoms with E-state index in [-0.39, 0.29) is 12.5 Å². The maximum absolute atomic E-state index is 11.8. The van der Waals surface area contributed by atoms with E-state index in [9.17, 15) is 14.7 Å². The van der Waals surface area contributed by atoms with E-state index in [1.165, 1.54) is 0 Å². The second-order valence-electron chi connectivity index (χ2n) is 5.25. The number of nitrogens with one attached hydrogen (secondary N) is 2. The van der Waals surface area contributed by atoms with E-state index in [4.69, 9.17) is 0 Å². The van der Waals surface area contributed by atoms with Gasteiger partial charge in [0.05, 0.1) is 0 Å². The standard InChI is InChI=1S/C15H23N3O3/c1-11(18(2)3)10-16-15(21)17-13(14(19)20)9-12-7-5-4-6-8-12/h4-8,11,13H,9-10H2,1-3H3,(H,19,20)(H2,16,17,21)/t11?,13-/m1/s1. The SMILES string of the molecule is CC(CNC(=O)N[C@H](Cc1ccccc1)C(=O)O)N(C)C. The molecule has 0 bridgehead atoms. The van der Waals surface area contributed by atoms with Crippen LogP contribution in [-0.4, -0.2) is 54.7 Å². The second-order valence-corrected chi connectivity index (χ2v) is 5.25. The number of rotatable bonds is 7. The molecular weight excluding hydrogens is 270 g/mol. The van der Waals surface area contributed by atoms with E-state index in [0.717, 1.165) is 5.56 Å². The van der Waals surface area contributed by atoms with Gasteiger partial charge in [0.2, 0.25) is 0 Å². The van der Waals surface area contributed by atoms with Crippen LogP contribution in [0.5, 0.6) is 0 Å². The molecule has 2 amide bonds. The first-order chi connectivity index (χ1) is 9.90. The Balaban J connectivity index is 2.51. The first-order valence-electron chi connectivity index (χ1n) is 6.87. The zero-order valence-electron chi connectivity index (χ0n) is 12.7. The molecular formula is C15H23N3O3. The summed E-state index contributed by atoms with van der Waals surface area (Å²) >= 11 is 0. The van der Waals surface area contributed by atoms with Crippen LogP contribution in [0.3, 0.4) is 0 Å². The molecule has 0 heterocycles. The number of carbonyl (C=O) groups is 2. The minimum Gasteiger partial charge on any atom is -0.480 e. The second kappa shape index (κ2) is 8.26. The average Bonchev–Trinajstić information content (AvgIpc) is 2.44. The Bertz CT molecular complexity index is 462. The number of carbonyl (C=O) groups excluding carboxylic acids is 1. The zero-order chi connectivity index (χ0) is 15.8. The van der Waals surface area contributed by atoms with Crippen molar-refractivity contribution in [3.05, 3.63) is 35.9 Å². The minimum absolute atomic E-state index is 0.174. The quantitative estimate of drug-likeness (QED) is 0.698. The number of carboxylic acid groups (broad SMARTS) is 1. The fourth-order valence-corrected chi connectivity index (χ4v) is 1.68. The molecule has 0 radical (unpaired) electrons. The van der Waals surface area contributed by atoms with Crippen molar-refractivity contribution in [1.82, 2.24) is 15.5 Å². The number of aliphatic carboxylic acids is 1. The van der Waals surface area contributed by atoms with E-state index in [0.29, 0.717) is 6.54 Å². The molecule has 3 N–H and O–H groups in total. The molecule has 2 atom stereocenters. The summed E-state index contributed by atoms with van der Waals surface area (Å²) in [4.78, 5) is 25.0. The Hall–Kier alpha value is -2.08. The van der Waals surface area contributed by atoms with Gasteiger partial charge in [-0.2, -0.15) is 0 Å². The van der Waals surface area contributed by atoms with Crippen molar-refractivity contribution in [1.29, 1.82) is 0 Å². The molecule has 0 spiro atoms. The molecule has 0 aliphatic heterocycles. The number of nitrogens with zero attached hydrogens (tertiary/aromatic N) is 1. The number of carboxylic acids is 1. The third kappa shape index (κ3) is 6.27. The van der Waals surface area contributed by atoms with Crippen LogP contribution in [0.4, 0.5) is 4.79 Å². The highest BCUT2D eigenvalue weighted by Gasteiger charge is 2.20. The monoisotopic (exact) mass is 293 g/mol. The molecule has 0 saturated heterocycles. The summed E-state index contributed by atoms with van der Waals surface area (Å²) < 4.78 is 0. The molecule has 0 fully saturated rings. The number of hydrogen-bond donors (Lipinski definition) is 3. The summed E-state index contributed by atoms with van der Waals surface area (Å²) in [6, 6.07) is 7.98. The summed E-state index contributed by atoms with van der Waals surface area (Å²) in [5.41, 5.74) is 0.867. The van der Waals surface area contributed by atoms with Gasteiger partial charge in [-0.3, -0.25) is 0 Å². The molecule has 1 aromatic carbocycles. The van der Waals surface area contributed by atoms with E-state index in [1.807, 2.05) is 56.3 Å². The Morgan fingerprint density at radius 1 is 1.24 bits per heavy atom. The fraction of sp³-hybridized carbons (Fsp3) is 0.467. The third-order valence-corrected chi connectivity index (χ3v) is 3.33. The third-order valence-electron chi connectivity index (χ3n) is 3.33. The maximum atomic E-state index is 11.8. The lowest BCUT2D eigenvalue weighted by atomic mass is 10.1. The number of hydrogen-bond acceptors (Lipinski definition) is 3. The van der Waals surface area contributed by atoms with Crippen molar-refractivity contribution in [2.45, 2.75) is 25.4 Å². The summed E-state index contributed by atoms with van der Waals surface area (Å²) in [6.07, 6.45) is 0.257. The highest BCUT2D eigenvalue weighted by atomic mass is 16.4. The lowest BCUT2D eigenvalue weighted by Gasteiger charge is -2.21. The largest absolute Gasteiger partial charge is 0.480 e. The molecule has 21 heavy (non-hydrogen) atoms. The number of urea groups is 1. The van der Waals surface area contributed by atoms with Gasteiger partial charge in [-0.25, -0.2) is 9.59 Å². The maximum Gasteiger partial charge on any atom is 0.326 e. The Morgan fingerprint density at radius 3 is 2.38 bits per heavy atom. The van der Waals surface area contributed by atoms with Crippen molar-refractivity contribution >= 4 is 12.0 Å². The first kappa shape index (κ1) is 17.0. The smallest absolute Gasteiger partial charge is 0.326 e. The highest BCUT2D eigenvalue weighted by molar-refractivity contribution is 5.82. The van der Waals surface area contributed by atoms with Gasteiger partial charge < -0.3 is 20.6 Å². The van der Waals surface area contributed by atoms with E-state index in [1.54, 1.807) is 0 Å². The van der Waals surface area contributed by atoms with Crippen molar-refractivity contribution in [3.8, 4) is 0 Å². The lowest BCUT2D eigenvalue weighted by molar-refractivity contribution is -0.139. The zero-order valence-corrected chi connectivity index (χ0v) is 12.7. The highest BCUT2D eigenvalue weighted by Crippen LogP contribution is 2.03. The molecule has 116 valence electrons. The van der Waals surface area contributed by atoms with Crippen LogP contribution in [0.2, 0.25) is 0 Å².